The van der Waals surface area contributed by atoms with E-state index in [1.54, 1.807) is 6.07 Å². The molecule has 0 radical (unpaired) electrons. The minimum absolute atomic E-state index is 0.0691. The third kappa shape index (κ3) is 6.70. The molecule has 0 N–H and O–H groups in total. The van der Waals surface area contributed by atoms with Crippen molar-refractivity contribution in [3.63, 3.8) is 0 Å². The first-order valence-electron chi connectivity index (χ1n) is 13.9. The first kappa shape index (κ1) is 34.8. The average Bonchev–Trinajstić information content (AvgIpc) is 2.95. The molecule has 16 heteroatoms. The third-order valence-corrected chi connectivity index (χ3v) is 7.01. The highest BCUT2D eigenvalue weighted by Gasteiger charge is 2.68. The van der Waals surface area contributed by atoms with Gasteiger partial charge < -0.3 is 14.1 Å². The smallest absolute Gasteiger partial charge is 0.449 e. The number of aromatic nitrogens is 1. The molecule has 0 bridgehead atoms. The summed E-state index contributed by atoms with van der Waals surface area (Å²) in [6.07, 6.45) is -17.4. The van der Waals surface area contributed by atoms with Crippen molar-refractivity contribution in [2.75, 3.05) is 18.0 Å². The molecule has 2 aliphatic rings. The number of fused-ring (bicyclic) bond motifs is 4. The lowest BCUT2D eigenvalue weighted by molar-refractivity contribution is -0.277. The summed E-state index contributed by atoms with van der Waals surface area (Å²) in [6.45, 7) is 5.10. The Morgan fingerprint density at radius 1 is 0.826 bits per heavy atom. The molecule has 0 amide bonds. The molecular weight excluding hydrogens is 645 g/mol. The lowest BCUT2D eigenvalue weighted by Crippen LogP contribution is -2.45. The van der Waals surface area contributed by atoms with Gasteiger partial charge in [0.15, 0.2) is 16.9 Å². The first-order chi connectivity index (χ1) is 21.3. The lowest BCUT2D eigenvalue weighted by atomic mass is 10.0. The van der Waals surface area contributed by atoms with Gasteiger partial charge in [0.1, 0.15) is 11.2 Å². The van der Waals surface area contributed by atoms with Crippen molar-refractivity contribution in [2.45, 2.75) is 64.0 Å². The van der Waals surface area contributed by atoms with Crippen LogP contribution in [0.5, 0.6) is 5.75 Å². The van der Waals surface area contributed by atoms with Gasteiger partial charge in [-0.1, -0.05) is 51.0 Å². The SMILES string of the molecule is CCCCN(CCCC)c1ccc2nc3c4ccccc4c(=O)c(OC(=C(C(F)(F)F)C(F)(F)F)C(F)(F)C(F)(F)F)c-3oc2c1. The van der Waals surface area contributed by atoms with Gasteiger partial charge in [-0.05, 0) is 25.0 Å². The Kier molecular flexibility index (Phi) is 9.51. The standard InChI is InChI=1S/C30H25F11N2O3/c1-3-5-13-43(14-6-4-2)16-11-12-19-20(15-16)45-23-21(42-19)17-9-7-8-10-18(17)22(44)24(23)46-26(27(31,32)30(39,40)41)25(28(33,34)35)29(36,37)38/h7-12,15H,3-6,13-14H2,1-2H3. The second-order valence-electron chi connectivity index (χ2n) is 10.3. The molecule has 46 heavy (non-hydrogen) atoms. The average molecular weight is 671 g/mol. The van der Waals surface area contributed by atoms with Crippen LogP contribution >= 0.6 is 0 Å². The Balaban J connectivity index is 2.09. The molecule has 0 spiro atoms. The van der Waals surface area contributed by atoms with E-state index in [2.05, 4.69) is 9.72 Å². The lowest BCUT2D eigenvalue weighted by Gasteiger charge is -2.27. The molecule has 0 aromatic heterocycles. The van der Waals surface area contributed by atoms with E-state index in [0.29, 0.717) is 18.8 Å². The van der Waals surface area contributed by atoms with Crippen molar-refractivity contribution < 1.29 is 57.4 Å². The normalized spacial score (nSPS) is 13.1. The van der Waals surface area contributed by atoms with Gasteiger partial charge in [-0.25, -0.2) is 4.98 Å². The van der Waals surface area contributed by atoms with Gasteiger partial charge in [-0.2, -0.15) is 48.3 Å². The Morgan fingerprint density at radius 2 is 1.39 bits per heavy atom. The number of benzene rings is 3. The van der Waals surface area contributed by atoms with Crippen molar-refractivity contribution in [3.8, 4) is 17.2 Å². The number of hydrogen-bond acceptors (Lipinski definition) is 5. The van der Waals surface area contributed by atoms with E-state index in [-0.39, 0.29) is 16.5 Å². The number of allylic oxidation sites excluding steroid dienone is 2. The van der Waals surface area contributed by atoms with Crippen molar-refractivity contribution >= 4 is 27.6 Å². The molecule has 0 saturated carbocycles. The summed E-state index contributed by atoms with van der Waals surface area (Å²) in [5, 5.41) is -0.596. The van der Waals surface area contributed by atoms with Gasteiger partial charge in [0.2, 0.25) is 16.9 Å². The van der Waals surface area contributed by atoms with Crippen LogP contribution in [0.15, 0.2) is 63.0 Å². The summed E-state index contributed by atoms with van der Waals surface area (Å²) in [5.74, 6) is -13.6. The van der Waals surface area contributed by atoms with E-state index in [4.69, 9.17) is 4.42 Å². The van der Waals surface area contributed by atoms with E-state index < -0.39 is 63.8 Å². The maximum Gasteiger partial charge on any atom is 0.461 e. The van der Waals surface area contributed by atoms with Gasteiger partial charge in [0.25, 0.3) is 0 Å². The van der Waals surface area contributed by atoms with Crippen LogP contribution in [0, 0.1) is 0 Å². The molecular formula is C30H25F11N2O3. The third-order valence-electron chi connectivity index (χ3n) is 7.01. The van der Waals surface area contributed by atoms with Crippen LogP contribution in [0.4, 0.5) is 54.0 Å². The second-order valence-corrected chi connectivity index (χ2v) is 10.3. The summed E-state index contributed by atoms with van der Waals surface area (Å²) in [4.78, 5) is 19.6. The van der Waals surface area contributed by atoms with Crippen molar-refractivity contribution in [1.29, 1.82) is 0 Å². The molecule has 0 atom stereocenters. The Hall–Kier alpha value is -4.11. The highest BCUT2D eigenvalue weighted by Crippen LogP contribution is 2.50. The largest absolute Gasteiger partial charge is 0.461 e. The number of anilines is 1. The number of nitrogens with zero attached hydrogens (tertiary/aromatic N) is 2. The molecule has 1 aliphatic heterocycles. The molecule has 0 unspecified atom stereocenters. The zero-order valence-corrected chi connectivity index (χ0v) is 24.1. The molecule has 1 aliphatic carbocycles. The molecule has 5 nitrogen and oxygen atoms in total. The highest BCUT2D eigenvalue weighted by atomic mass is 19.4. The zero-order chi connectivity index (χ0) is 34.2. The van der Waals surface area contributed by atoms with Crippen LogP contribution in [0.3, 0.4) is 0 Å². The fourth-order valence-corrected chi connectivity index (χ4v) is 4.73. The number of rotatable bonds is 10. The van der Waals surface area contributed by atoms with Gasteiger partial charge >= 0.3 is 24.5 Å². The van der Waals surface area contributed by atoms with Crippen molar-refractivity contribution in [2.24, 2.45) is 0 Å². The summed E-state index contributed by atoms with van der Waals surface area (Å²) in [7, 11) is 0. The quantitative estimate of drug-likeness (QED) is 0.0728. The monoisotopic (exact) mass is 670 g/mol. The molecule has 1 heterocycles. The molecule has 0 saturated heterocycles. The molecule has 0 fully saturated rings. The van der Waals surface area contributed by atoms with Crippen LogP contribution < -0.4 is 15.1 Å². The topological polar surface area (TPSA) is 55.6 Å². The van der Waals surface area contributed by atoms with Gasteiger partial charge in [0, 0.05) is 35.6 Å². The molecule has 2 aromatic rings. The van der Waals surface area contributed by atoms with Crippen LogP contribution in [-0.2, 0) is 0 Å². The zero-order valence-electron chi connectivity index (χ0n) is 24.1. The van der Waals surface area contributed by atoms with Crippen LogP contribution in [0.2, 0.25) is 0 Å². The van der Waals surface area contributed by atoms with Gasteiger partial charge in [-0.3, -0.25) is 4.79 Å². The van der Waals surface area contributed by atoms with E-state index in [0.717, 1.165) is 31.7 Å². The predicted octanol–water partition coefficient (Wildman–Crippen LogP) is 9.81. The fraction of sp³-hybridized carbons (Fsp3) is 0.400. The second kappa shape index (κ2) is 12.6. The van der Waals surface area contributed by atoms with Crippen molar-refractivity contribution in [1.82, 2.24) is 4.98 Å². The minimum atomic E-state index is -7.00. The number of alkyl halides is 11. The number of ether oxygens (including phenoxy) is 1. The summed E-state index contributed by atoms with van der Waals surface area (Å²) in [5.41, 5.74) is -5.94. The number of unbranched alkanes of at least 4 members (excludes halogenated alkanes) is 2. The van der Waals surface area contributed by atoms with E-state index in [1.165, 1.54) is 30.3 Å². The minimum Gasteiger partial charge on any atom is -0.449 e. The van der Waals surface area contributed by atoms with Crippen molar-refractivity contribution in [3.05, 3.63) is 64.0 Å². The maximum atomic E-state index is 14.6. The summed E-state index contributed by atoms with van der Waals surface area (Å²) < 4.78 is 161. The van der Waals surface area contributed by atoms with Gasteiger partial charge in [-0.15, -0.1) is 0 Å². The summed E-state index contributed by atoms with van der Waals surface area (Å²) in [6, 6.07) is 9.42. The number of halogens is 11. The molecule has 2 aromatic carbocycles. The van der Waals surface area contributed by atoms with Gasteiger partial charge in [0.05, 0.1) is 0 Å². The van der Waals surface area contributed by atoms with E-state index >= 15 is 0 Å². The first-order valence-corrected chi connectivity index (χ1v) is 13.9. The maximum absolute atomic E-state index is 14.6. The Bertz CT molecular complexity index is 1750. The van der Waals surface area contributed by atoms with Crippen LogP contribution in [0.25, 0.3) is 33.3 Å². The fourth-order valence-electron chi connectivity index (χ4n) is 4.73. The molecule has 4 rings (SSSR count). The van der Waals surface area contributed by atoms with Crippen LogP contribution in [-0.4, -0.2) is 42.5 Å². The molecule has 250 valence electrons. The number of hydrogen-bond donors (Lipinski definition) is 0. The Morgan fingerprint density at radius 3 is 1.91 bits per heavy atom. The van der Waals surface area contributed by atoms with E-state index in [1.807, 2.05) is 18.7 Å². The van der Waals surface area contributed by atoms with E-state index in [9.17, 15) is 53.1 Å². The Labute approximate surface area is 253 Å². The highest BCUT2D eigenvalue weighted by molar-refractivity contribution is 5.99. The van der Waals surface area contributed by atoms with Crippen LogP contribution in [0.1, 0.15) is 39.5 Å². The summed E-state index contributed by atoms with van der Waals surface area (Å²) >= 11 is 0. The predicted molar refractivity (Wildman–Crippen MR) is 147 cm³/mol.